The van der Waals surface area contributed by atoms with Crippen LogP contribution in [0.5, 0.6) is 0 Å². The zero-order chi connectivity index (χ0) is 11.5. The van der Waals surface area contributed by atoms with Crippen molar-refractivity contribution in [1.82, 2.24) is 10.2 Å². The van der Waals surface area contributed by atoms with E-state index in [0.29, 0.717) is 6.04 Å². The first kappa shape index (κ1) is 11.9. The molecule has 0 radical (unpaired) electrons. The van der Waals surface area contributed by atoms with E-state index in [9.17, 15) is 4.79 Å². The fourth-order valence-corrected chi connectivity index (χ4v) is 3.10. The third-order valence-corrected chi connectivity index (χ3v) is 4.15. The van der Waals surface area contributed by atoms with Gasteiger partial charge in [-0.3, -0.25) is 9.69 Å². The maximum Gasteiger partial charge on any atom is 0.221 e. The Morgan fingerprint density at radius 2 is 2.31 bits per heavy atom. The number of nitrogens with zero attached hydrogens (tertiary/aromatic N) is 1. The number of nitrogens with one attached hydrogen (secondary N) is 1. The molecule has 0 saturated carbocycles. The predicted molar refractivity (Wildman–Crippen MR) is 63.9 cm³/mol. The van der Waals surface area contributed by atoms with E-state index in [1.807, 2.05) is 0 Å². The van der Waals surface area contributed by atoms with Crippen molar-refractivity contribution in [3.05, 3.63) is 0 Å². The molecular formula is C12H23N3O. The van der Waals surface area contributed by atoms with E-state index in [2.05, 4.69) is 17.1 Å². The monoisotopic (exact) mass is 225 g/mol. The molecule has 3 atom stereocenters. The molecular weight excluding hydrogens is 202 g/mol. The fourth-order valence-electron chi connectivity index (χ4n) is 3.10. The molecule has 2 fully saturated rings. The average Bonchev–Trinajstić information content (AvgIpc) is 2.77. The molecule has 3 N–H and O–H groups in total. The second kappa shape index (κ2) is 5.15. The van der Waals surface area contributed by atoms with Crippen LogP contribution >= 0.6 is 0 Å². The van der Waals surface area contributed by atoms with E-state index < -0.39 is 0 Å². The van der Waals surface area contributed by atoms with Crippen molar-refractivity contribution in [1.29, 1.82) is 0 Å². The van der Waals surface area contributed by atoms with Gasteiger partial charge in [-0.05, 0) is 31.8 Å². The topological polar surface area (TPSA) is 58.4 Å². The quantitative estimate of drug-likeness (QED) is 0.720. The van der Waals surface area contributed by atoms with Crippen molar-refractivity contribution >= 4 is 5.91 Å². The van der Waals surface area contributed by atoms with Crippen LogP contribution in [0.25, 0.3) is 0 Å². The van der Waals surface area contributed by atoms with E-state index in [0.717, 1.165) is 44.9 Å². The summed E-state index contributed by atoms with van der Waals surface area (Å²) in [5, 5.41) is 3.46. The van der Waals surface area contributed by atoms with Gasteiger partial charge in [-0.25, -0.2) is 0 Å². The van der Waals surface area contributed by atoms with Crippen molar-refractivity contribution in [2.75, 3.05) is 26.2 Å². The summed E-state index contributed by atoms with van der Waals surface area (Å²) in [5.74, 6) is 0.696. The van der Waals surface area contributed by atoms with Crippen molar-refractivity contribution in [2.24, 2.45) is 17.6 Å². The van der Waals surface area contributed by atoms with Crippen LogP contribution in [0.15, 0.2) is 0 Å². The number of carbonyl (C=O) groups is 1. The Morgan fingerprint density at radius 1 is 1.50 bits per heavy atom. The van der Waals surface area contributed by atoms with Crippen LogP contribution in [-0.2, 0) is 4.79 Å². The number of nitrogens with two attached hydrogens (primary N) is 1. The highest BCUT2D eigenvalue weighted by molar-refractivity contribution is 5.76. The molecule has 0 aromatic carbocycles. The first-order valence-electron chi connectivity index (χ1n) is 6.46. The molecule has 2 aliphatic heterocycles. The van der Waals surface area contributed by atoms with Crippen LogP contribution < -0.4 is 11.1 Å². The Bertz CT molecular complexity index is 257. The Labute approximate surface area is 97.6 Å². The molecule has 4 nitrogen and oxygen atoms in total. The van der Waals surface area contributed by atoms with Crippen LogP contribution in [0.4, 0.5) is 0 Å². The lowest BCUT2D eigenvalue weighted by molar-refractivity contribution is -0.123. The summed E-state index contributed by atoms with van der Waals surface area (Å²) in [6, 6.07) is 0.618. The predicted octanol–water partition coefficient (Wildman–Crippen LogP) is 0.182. The van der Waals surface area contributed by atoms with Gasteiger partial charge in [0.25, 0.3) is 0 Å². The van der Waals surface area contributed by atoms with Crippen molar-refractivity contribution in [2.45, 2.75) is 32.2 Å². The van der Waals surface area contributed by atoms with Gasteiger partial charge in [0.05, 0.1) is 5.92 Å². The summed E-state index contributed by atoms with van der Waals surface area (Å²) in [4.78, 5) is 13.7. The van der Waals surface area contributed by atoms with Crippen LogP contribution in [0.1, 0.15) is 26.2 Å². The zero-order valence-electron chi connectivity index (χ0n) is 10.1. The molecule has 0 aromatic heterocycles. The molecule has 0 bridgehead atoms. The van der Waals surface area contributed by atoms with Gasteiger partial charge in [0, 0.05) is 19.1 Å². The van der Waals surface area contributed by atoms with Crippen LogP contribution in [-0.4, -0.2) is 43.0 Å². The third-order valence-electron chi connectivity index (χ3n) is 4.15. The van der Waals surface area contributed by atoms with Gasteiger partial charge >= 0.3 is 0 Å². The number of primary amides is 1. The summed E-state index contributed by atoms with van der Waals surface area (Å²) < 4.78 is 0. The Kier molecular flexibility index (Phi) is 3.82. The lowest BCUT2D eigenvalue weighted by Gasteiger charge is -2.37. The van der Waals surface area contributed by atoms with Crippen LogP contribution in [0.2, 0.25) is 0 Å². The summed E-state index contributed by atoms with van der Waals surface area (Å²) in [6.07, 6.45) is 3.30. The normalized spacial score (nSPS) is 36.4. The molecule has 2 rings (SSSR count). The van der Waals surface area contributed by atoms with Gasteiger partial charge in [-0.15, -0.1) is 0 Å². The molecule has 16 heavy (non-hydrogen) atoms. The number of amides is 1. The van der Waals surface area contributed by atoms with E-state index in [1.165, 1.54) is 6.42 Å². The van der Waals surface area contributed by atoms with E-state index in [1.54, 1.807) is 0 Å². The second-order valence-corrected chi connectivity index (χ2v) is 5.13. The van der Waals surface area contributed by atoms with E-state index in [4.69, 9.17) is 5.73 Å². The maximum absolute atomic E-state index is 11.2. The minimum atomic E-state index is -0.122. The van der Waals surface area contributed by atoms with Crippen molar-refractivity contribution < 1.29 is 4.79 Å². The first-order chi connectivity index (χ1) is 7.72. The molecule has 4 heteroatoms. The molecule has 3 unspecified atom stereocenters. The summed E-state index contributed by atoms with van der Waals surface area (Å²) in [7, 11) is 0. The number of hydrogen-bond donors (Lipinski definition) is 2. The van der Waals surface area contributed by atoms with Crippen molar-refractivity contribution in [3.63, 3.8) is 0 Å². The average molecular weight is 225 g/mol. The van der Waals surface area contributed by atoms with Gasteiger partial charge in [0.1, 0.15) is 0 Å². The summed E-state index contributed by atoms with van der Waals surface area (Å²) in [6.45, 7) is 6.45. The van der Waals surface area contributed by atoms with Gasteiger partial charge in [-0.2, -0.15) is 0 Å². The second-order valence-electron chi connectivity index (χ2n) is 5.13. The molecule has 2 aliphatic rings. The number of rotatable bonds is 3. The highest BCUT2D eigenvalue weighted by atomic mass is 16.1. The first-order valence-corrected chi connectivity index (χ1v) is 6.46. The molecule has 2 heterocycles. The Balaban J connectivity index is 1.95. The van der Waals surface area contributed by atoms with Gasteiger partial charge in [0.2, 0.25) is 5.91 Å². The Morgan fingerprint density at radius 3 is 3.00 bits per heavy atom. The summed E-state index contributed by atoms with van der Waals surface area (Å²) >= 11 is 0. The smallest absolute Gasteiger partial charge is 0.221 e. The van der Waals surface area contributed by atoms with E-state index in [-0.39, 0.29) is 11.8 Å². The van der Waals surface area contributed by atoms with Crippen LogP contribution in [0, 0.1) is 11.8 Å². The van der Waals surface area contributed by atoms with Gasteiger partial charge in [0.15, 0.2) is 0 Å². The standard InChI is InChI=1S/C12H23N3O/c1-2-9-6-14-7-11(9)15-5-3-4-10(8-15)12(13)16/h9-11,14H,2-8H2,1H3,(H2,13,16). The zero-order valence-corrected chi connectivity index (χ0v) is 10.1. The molecule has 0 aromatic rings. The van der Waals surface area contributed by atoms with Gasteiger partial charge in [-0.1, -0.05) is 13.3 Å². The number of likely N-dealkylation sites (tertiary alicyclic amines) is 1. The minimum absolute atomic E-state index is 0.0758. The van der Waals surface area contributed by atoms with Crippen molar-refractivity contribution in [3.8, 4) is 0 Å². The maximum atomic E-state index is 11.2. The lowest BCUT2D eigenvalue weighted by atomic mass is 9.92. The van der Waals surface area contributed by atoms with Crippen LogP contribution in [0.3, 0.4) is 0 Å². The molecule has 0 aliphatic carbocycles. The number of hydrogen-bond acceptors (Lipinski definition) is 3. The SMILES string of the molecule is CCC1CNCC1N1CCCC(C(N)=O)C1. The lowest BCUT2D eigenvalue weighted by Crippen LogP contribution is -2.48. The van der Waals surface area contributed by atoms with E-state index >= 15 is 0 Å². The van der Waals surface area contributed by atoms with Gasteiger partial charge < -0.3 is 11.1 Å². The fraction of sp³-hybridized carbons (Fsp3) is 0.917. The largest absolute Gasteiger partial charge is 0.369 e. The third kappa shape index (κ3) is 2.38. The highest BCUT2D eigenvalue weighted by Gasteiger charge is 2.34. The number of piperidine rings is 1. The highest BCUT2D eigenvalue weighted by Crippen LogP contribution is 2.24. The molecule has 2 saturated heterocycles. The molecule has 1 amide bonds. The molecule has 92 valence electrons. The number of carbonyl (C=O) groups excluding carboxylic acids is 1. The Hall–Kier alpha value is -0.610. The summed E-state index contributed by atoms with van der Waals surface area (Å²) in [5.41, 5.74) is 5.41. The minimum Gasteiger partial charge on any atom is -0.369 e. The molecule has 0 spiro atoms.